The van der Waals surface area contributed by atoms with Crippen molar-refractivity contribution in [1.82, 2.24) is 0 Å². The smallest absolute Gasteiger partial charge is 0.179 e. The van der Waals surface area contributed by atoms with Crippen molar-refractivity contribution in [2.75, 3.05) is 0 Å². The first-order valence-corrected chi connectivity index (χ1v) is 4.53. The zero-order valence-corrected chi connectivity index (χ0v) is 11.4. The maximum atomic E-state index is 3.30. The molecule has 0 aliphatic heterocycles. The van der Waals surface area contributed by atoms with Crippen molar-refractivity contribution >= 4 is 0 Å². The van der Waals surface area contributed by atoms with Crippen LogP contribution in [0.3, 0.4) is 0 Å². The molecule has 3 rings (SSSR count). The molecule has 0 bridgehead atoms. The fraction of sp³-hybridized carbons (Fsp3) is 0.0769. The van der Waals surface area contributed by atoms with Crippen molar-refractivity contribution in [3.8, 4) is 11.1 Å². The van der Waals surface area contributed by atoms with Crippen molar-refractivity contribution in [1.29, 1.82) is 0 Å². The molecule has 2 aromatic carbocycles. The summed E-state index contributed by atoms with van der Waals surface area (Å²) in [4.78, 5) is 0. The molecule has 0 nitrogen and oxygen atoms in total. The van der Waals surface area contributed by atoms with E-state index >= 15 is 0 Å². The van der Waals surface area contributed by atoms with Gasteiger partial charge in [0.05, 0.1) is 0 Å². The van der Waals surface area contributed by atoms with Gasteiger partial charge in [-0.15, -0.1) is 5.56 Å². The van der Waals surface area contributed by atoms with E-state index in [9.17, 15) is 0 Å². The van der Waals surface area contributed by atoms with Crippen LogP contribution in [0.25, 0.3) is 11.1 Å². The van der Waals surface area contributed by atoms with Gasteiger partial charge in [-0.25, -0.2) is 0 Å². The Balaban J connectivity index is 0.000000562. The average Bonchev–Trinajstić information content (AvgIpc) is 2.56. The maximum Gasteiger partial charge on any atom is 1.00 e. The number of hydrogen-bond donors (Lipinski definition) is 0. The van der Waals surface area contributed by atoms with Crippen LogP contribution in [0, 0.1) is 6.07 Å². The van der Waals surface area contributed by atoms with E-state index in [2.05, 4.69) is 42.5 Å². The molecule has 0 atom stereocenters. The zero-order valence-electron chi connectivity index (χ0n) is 7.96. The van der Waals surface area contributed by atoms with E-state index in [0.717, 1.165) is 6.42 Å². The van der Waals surface area contributed by atoms with E-state index in [1.165, 1.54) is 22.3 Å². The third-order valence-electron chi connectivity index (χ3n) is 2.62. The fourth-order valence-electron chi connectivity index (χ4n) is 2.00. The summed E-state index contributed by atoms with van der Waals surface area (Å²) < 4.78 is 0. The molecule has 0 saturated carbocycles. The van der Waals surface area contributed by atoms with Crippen LogP contribution in [0.1, 0.15) is 11.1 Å². The Morgan fingerprint density at radius 1 is 0.933 bits per heavy atom. The first-order valence-electron chi connectivity index (χ1n) is 4.53. The third kappa shape index (κ3) is 2.12. The Morgan fingerprint density at radius 3 is 2.53 bits per heavy atom. The van der Waals surface area contributed by atoms with E-state index in [1.54, 1.807) is 0 Å². The quantitative estimate of drug-likeness (QED) is 0.423. The average molecular weight is 367 g/mol. The Hall–Kier alpha value is -0.313. The van der Waals surface area contributed by atoms with Crippen molar-refractivity contribution in [2.24, 2.45) is 0 Å². The molecule has 0 unspecified atom stereocenters. The van der Waals surface area contributed by atoms with E-state index in [0.29, 0.717) is 0 Å². The van der Waals surface area contributed by atoms with Crippen LogP contribution in [0.15, 0.2) is 42.5 Å². The molecule has 1 aliphatic rings. The second-order valence-electron chi connectivity index (χ2n) is 3.40. The van der Waals surface area contributed by atoms with Gasteiger partial charge >= 0.3 is 19.5 Å². The minimum atomic E-state index is 0. The van der Waals surface area contributed by atoms with E-state index in [1.807, 2.05) is 6.07 Å². The zero-order chi connectivity index (χ0) is 8.67. The summed E-state index contributed by atoms with van der Waals surface area (Å²) in [5.41, 5.74) is 5.51. The van der Waals surface area contributed by atoms with E-state index in [4.69, 9.17) is 0 Å². The SMILES string of the molecule is [Ru+].[Ru].[c-]1cccc2c1Cc1ccccc1-2. The summed E-state index contributed by atoms with van der Waals surface area (Å²) in [6, 6.07) is 18.1. The summed E-state index contributed by atoms with van der Waals surface area (Å²) in [7, 11) is 0. The van der Waals surface area contributed by atoms with Crippen molar-refractivity contribution in [3.05, 3.63) is 59.7 Å². The molecule has 2 heteroatoms. The summed E-state index contributed by atoms with van der Waals surface area (Å²) in [6.45, 7) is 0. The van der Waals surface area contributed by atoms with Gasteiger partial charge in [-0.1, -0.05) is 35.4 Å². The Bertz CT molecular complexity index is 420. The topological polar surface area (TPSA) is 0 Å². The number of hydrogen-bond acceptors (Lipinski definition) is 0. The summed E-state index contributed by atoms with van der Waals surface area (Å²) in [5, 5.41) is 0. The number of rotatable bonds is 0. The Morgan fingerprint density at radius 2 is 1.67 bits per heavy atom. The minimum absolute atomic E-state index is 0. The van der Waals surface area contributed by atoms with Gasteiger partial charge in [0.25, 0.3) is 0 Å². The molecule has 1 aliphatic carbocycles. The fourth-order valence-corrected chi connectivity index (χ4v) is 2.00. The van der Waals surface area contributed by atoms with Gasteiger partial charge < -0.3 is 0 Å². The normalized spacial score (nSPS) is 10.7. The first-order chi connectivity index (χ1) is 6.45. The first kappa shape index (κ1) is 12.8. The van der Waals surface area contributed by atoms with Crippen molar-refractivity contribution in [2.45, 2.75) is 6.42 Å². The second kappa shape index (κ2) is 5.15. The number of fused-ring (bicyclic) bond motifs is 3. The van der Waals surface area contributed by atoms with Gasteiger partial charge in [-0.2, -0.15) is 29.8 Å². The molecular formula is C13H9Ru2. The summed E-state index contributed by atoms with van der Waals surface area (Å²) in [5.74, 6) is 0. The molecule has 2 aromatic rings. The molecule has 0 aromatic heterocycles. The van der Waals surface area contributed by atoms with Gasteiger partial charge in [-0.3, -0.25) is 0 Å². The van der Waals surface area contributed by atoms with Crippen molar-refractivity contribution < 1.29 is 39.0 Å². The van der Waals surface area contributed by atoms with Crippen molar-refractivity contribution in [3.63, 3.8) is 0 Å². The molecule has 0 N–H and O–H groups in total. The largest absolute Gasteiger partial charge is 1.00 e. The second-order valence-corrected chi connectivity index (χ2v) is 3.40. The summed E-state index contributed by atoms with van der Waals surface area (Å²) in [6.07, 6.45) is 1.05. The summed E-state index contributed by atoms with van der Waals surface area (Å²) >= 11 is 0. The van der Waals surface area contributed by atoms with Crippen LogP contribution in [0.5, 0.6) is 0 Å². The van der Waals surface area contributed by atoms with Crippen LogP contribution in [0.2, 0.25) is 0 Å². The molecule has 0 heterocycles. The number of benzene rings is 2. The van der Waals surface area contributed by atoms with Crippen LogP contribution in [-0.2, 0) is 45.4 Å². The van der Waals surface area contributed by atoms with Gasteiger partial charge in [0, 0.05) is 19.5 Å². The molecule has 1 radical (unpaired) electrons. The van der Waals surface area contributed by atoms with Gasteiger partial charge in [0.1, 0.15) is 0 Å². The molecule has 0 spiro atoms. The van der Waals surface area contributed by atoms with Crippen LogP contribution < -0.4 is 0 Å². The predicted molar refractivity (Wildman–Crippen MR) is 53.5 cm³/mol. The van der Waals surface area contributed by atoms with Gasteiger partial charge in [0.2, 0.25) is 0 Å². The molecular weight excluding hydrogens is 358 g/mol. The van der Waals surface area contributed by atoms with E-state index < -0.39 is 0 Å². The minimum Gasteiger partial charge on any atom is -0.179 e. The molecule has 0 amide bonds. The molecule has 77 valence electrons. The monoisotopic (exact) mass is 369 g/mol. The maximum absolute atomic E-state index is 3.30. The Labute approximate surface area is 116 Å². The molecule has 0 saturated heterocycles. The van der Waals surface area contributed by atoms with Gasteiger partial charge in [0.15, 0.2) is 0 Å². The van der Waals surface area contributed by atoms with Crippen LogP contribution in [-0.4, -0.2) is 0 Å². The third-order valence-corrected chi connectivity index (χ3v) is 2.62. The van der Waals surface area contributed by atoms with Crippen LogP contribution >= 0.6 is 0 Å². The molecule has 0 fully saturated rings. The standard InChI is InChI=1S/C13H9.2Ru/c1-3-7-12-10(5-1)9-11-6-2-4-8-13(11)12;;/h1-5,7-8H,9H2;;/q-1;;+1. The van der Waals surface area contributed by atoms with Crippen LogP contribution in [0.4, 0.5) is 0 Å². The van der Waals surface area contributed by atoms with Gasteiger partial charge in [-0.05, 0) is 6.42 Å². The van der Waals surface area contributed by atoms with E-state index in [-0.39, 0.29) is 39.0 Å². The Kier molecular flexibility index (Phi) is 4.38. The molecule has 15 heavy (non-hydrogen) atoms. The predicted octanol–water partition coefficient (Wildman–Crippen LogP) is 3.05.